The molecule has 0 radical (unpaired) electrons. The van der Waals surface area contributed by atoms with Crippen LogP contribution >= 0.6 is 11.8 Å². The first-order valence-electron chi connectivity index (χ1n) is 7.17. The molecule has 1 fully saturated rings. The Morgan fingerprint density at radius 2 is 2.10 bits per heavy atom. The molecule has 0 aliphatic heterocycles. The third-order valence-corrected chi connectivity index (χ3v) is 3.61. The number of carbonyl (C=O) groups is 1. The summed E-state index contributed by atoms with van der Waals surface area (Å²) in [4.78, 5) is 11.6. The molecule has 2 unspecified atom stereocenters. The van der Waals surface area contributed by atoms with E-state index >= 15 is 0 Å². The molecule has 6 heteroatoms. The van der Waals surface area contributed by atoms with Gasteiger partial charge in [-0.25, -0.2) is 4.79 Å². The lowest BCUT2D eigenvalue weighted by Crippen LogP contribution is -2.36. The quantitative estimate of drug-likeness (QED) is 0.845. The molecule has 1 amide bonds. The molecule has 21 heavy (non-hydrogen) atoms. The van der Waals surface area contributed by atoms with E-state index in [2.05, 4.69) is 16.9 Å². The number of alkyl carbamates (subject to hydrolysis) is 1. The zero-order valence-corrected chi connectivity index (χ0v) is 13.9. The Labute approximate surface area is 130 Å². The van der Waals surface area contributed by atoms with Crippen LogP contribution in [0.15, 0.2) is 16.5 Å². The minimum absolute atomic E-state index is 0.153. The van der Waals surface area contributed by atoms with Crippen LogP contribution in [0.2, 0.25) is 0 Å². The molecule has 2 N–H and O–H groups in total. The largest absolute Gasteiger partial charge is 0.464 e. The van der Waals surface area contributed by atoms with E-state index in [9.17, 15) is 4.79 Å². The Hall–Kier alpha value is -1.14. The van der Waals surface area contributed by atoms with Gasteiger partial charge in [0, 0.05) is 12.1 Å². The number of thioether (sulfide) groups is 1. The Morgan fingerprint density at radius 1 is 1.38 bits per heavy atom. The Balaban J connectivity index is 1.66. The smallest absolute Gasteiger partial charge is 0.407 e. The summed E-state index contributed by atoms with van der Waals surface area (Å²) in [7, 11) is 0. The van der Waals surface area contributed by atoms with E-state index in [-0.39, 0.29) is 12.1 Å². The summed E-state index contributed by atoms with van der Waals surface area (Å²) < 4.78 is 10.9. The van der Waals surface area contributed by atoms with E-state index < -0.39 is 5.60 Å². The van der Waals surface area contributed by atoms with Crippen LogP contribution < -0.4 is 10.6 Å². The maximum Gasteiger partial charge on any atom is 0.407 e. The van der Waals surface area contributed by atoms with Crippen LogP contribution in [-0.2, 0) is 17.0 Å². The molecule has 1 aromatic rings. The number of amides is 1. The molecule has 0 bridgehead atoms. The molecule has 1 aliphatic rings. The molecule has 1 saturated carbocycles. The number of ether oxygens (including phenoxy) is 1. The molecule has 1 aliphatic carbocycles. The summed E-state index contributed by atoms with van der Waals surface area (Å²) >= 11 is 1.74. The van der Waals surface area contributed by atoms with Gasteiger partial charge in [0.25, 0.3) is 0 Å². The molecular weight excluding hydrogens is 288 g/mol. The lowest BCUT2D eigenvalue weighted by atomic mass is 10.2. The van der Waals surface area contributed by atoms with Crippen molar-refractivity contribution < 1.29 is 13.9 Å². The van der Waals surface area contributed by atoms with Gasteiger partial charge in [-0.05, 0) is 45.6 Å². The van der Waals surface area contributed by atoms with Crippen LogP contribution in [0.1, 0.15) is 38.7 Å². The van der Waals surface area contributed by atoms with Crippen LogP contribution in [0.5, 0.6) is 0 Å². The summed E-state index contributed by atoms with van der Waals surface area (Å²) in [5.74, 6) is 2.83. The highest BCUT2D eigenvalue weighted by molar-refractivity contribution is 7.97. The van der Waals surface area contributed by atoms with Crippen molar-refractivity contribution in [1.29, 1.82) is 0 Å². The topological polar surface area (TPSA) is 63.5 Å². The molecule has 0 aromatic carbocycles. The maximum atomic E-state index is 11.6. The molecule has 1 heterocycles. The van der Waals surface area contributed by atoms with E-state index in [0.717, 1.165) is 23.7 Å². The van der Waals surface area contributed by atoms with Gasteiger partial charge in [-0.1, -0.05) is 0 Å². The van der Waals surface area contributed by atoms with E-state index in [0.29, 0.717) is 12.6 Å². The van der Waals surface area contributed by atoms with Crippen LogP contribution in [0.3, 0.4) is 0 Å². The Bertz CT molecular complexity index is 482. The Morgan fingerprint density at radius 3 is 2.76 bits per heavy atom. The van der Waals surface area contributed by atoms with Gasteiger partial charge in [-0.2, -0.15) is 11.8 Å². The third-order valence-electron chi connectivity index (χ3n) is 3.03. The fourth-order valence-electron chi connectivity index (χ4n) is 2.01. The highest BCUT2D eigenvalue weighted by atomic mass is 32.2. The van der Waals surface area contributed by atoms with Gasteiger partial charge >= 0.3 is 6.09 Å². The number of nitrogens with one attached hydrogen (secondary N) is 2. The first-order chi connectivity index (χ1) is 9.87. The Kier molecular flexibility index (Phi) is 5.22. The summed E-state index contributed by atoms with van der Waals surface area (Å²) in [5, 5.41) is 6.24. The second-order valence-corrected chi connectivity index (χ2v) is 7.14. The van der Waals surface area contributed by atoms with Crippen molar-refractivity contribution >= 4 is 17.9 Å². The molecule has 5 nitrogen and oxygen atoms in total. The van der Waals surface area contributed by atoms with Crippen molar-refractivity contribution in [2.75, 3.05) is 6.26 Å². The van der Waals surface area contributed by atoms with Crippen molar-refractivity contribution in [3.63, 3.8) is 0 Å². The molecular formula is C15H24N2O3S. The molecule has 2 atom stereocenters. The first-order valence-corrected chi connectivity index (χ1v) is 8.56. The SMILES string of the molecule is CSCc1ccc(CNC2CC2NC(=O)OC(C)(C)C)o1. The predicted molar refractivity (Wildman–Crippen MR) is 84.3 cm³/mol. The zero-order chi connectivity index (χ0) is 15.5. The van der Waals surface area contributed by atoms with Gasteiger partial charge in [0.05, 0.1) is 12.3 Å². The van der Waals surface area contributed by atoms with Gasteiger partial charge in [0.2, 0.25) is 0 Å². The van der Waals surface area contributed by atoms with E-state index in [1.807, 2.05) is 32.9 Å². The highest BCUT2D eigenvalue weighted by Crippen LogP contribution is 2.23. The number of rotatable bonds is 6. The average Bonchev–Trinajstić information content (AvgIpc) is 2.92. The maximum absolute atomic E-state index is 11.6. The van der Waals surface area contributed by atoms with Crippen LogP contribution in [-0.4, -0.2) is 30.0 Å². The standard InChI is InChI=1S/C15H24N2O3S/c1-15(2,3)20-14(18)17-13-7-12(13)16-8-10-5-6-11(19-10)9-21-4/h5-6,12-13,16H,7-9H2,1-4H3,(H,17,18). The van der Waals surface area contributed by atoms with Crippen molar-refractivity contribution in [2.24, 2.45) is 0 Å². The van der Waals surface area contributed by atoms with Crippen LogP contribution in [0, 0.1) is 0 Å². The second kappa shape index (κ2) is 6.75. The fraction of sp³-hybridized carbons (Fsp3) is 0.667. The molecule has 118 valence electrons. The third kappa shape index (κ3) is 5.63. The normalized spacial score (nSPS) is 21.1. The monoisotopic (exact) mass is 312 g/mol. The van der Waals surface area contributed by atoms with Gasteiger partial charge < -0.3 is 19.8 Å². The number of hydrogen-bond donors (Lipinski definition) is 2. The van der Waals surface area contributed by atoms with Crippen molar-refractivity contribution in [3.8, 4) is 0 Å². The average molecular weight is 312 g/mol. The lowest BCUT2D eigenvalue weighted by molar-refractivity contribution is 0.0522. The molecule has 0 spiro atoms. The summed E-state index contributed by atoms with van der Waals surface area (Å²) in [6.07, 6.45) is 2.63. The minimum atomic E-state index is -0.455. The number of furan rings is 1. The summed E-state index contributed by atoms with van der Waals surface area (Å²) in [6, 6.07) is 4.46. The molecule has 1 aromatic heterocycles. The van der Waals surface area contributed by atoms with Crippen LogP contribution in [0.4, 0.5) is 4.79 Å². The van der Waals surface area contributed by atoms with Gasteiger partial charge in [0.15, 0.2) is 0 Å². The minimum Gasteiger partial charge on any atom is -0.464 e. The first kappa shape index (κ1) is 16.2. The van der Waals surface area contributed by atoms with Gasteiger partial charge in [-0.3, -0.25) is 0 Å². The predicted octanol–water partition coefficient (Wildman–Crippen LogP) is 2.90. The lowest BCUT2D eigenvalue weighted by Gasteiger charge is -2.19. The van der Waals surface area contributed by atoms with E-state index in [4.69, 9.17) is 9.15 Å². The number of hydrogen-bond acceptors (Lipinski definition) is 5. The summed E-state index contributed by atoms with van der Waals surface area (Å²) in [6.45, 7) is 6.26. The second-order valence-electron chi connectivity index (χ2n) is 6.28. The van der Waals surface area contributed by atoms with E-state index in [1.165, 1.54) is 0 Å². The van der Waals surface area contributed by atoms with Crippen molar-refractivity contribution in [1.82, 2.24) is 10.6 Å². The van der Waals surface area contributed by atoms with E-state index in [1.54, 1.807) is 11.8 Å². The van der Waals surface area contributed by atoms with Crippen LogP contribution in [0.25, 0.3) is 0 Å². The van der Waals surface area contributed by atoms with Gasteiger partial charge in [0.1, 0.15) is 17.1 Å². The number of carbonyl (C=O) groups excluding carboxylic acids is 1. The van der Waals surface area contributed by atoms with Crippen molar-refractivity contribution in [3.05, 3.63) is 23.7 Å². The fourth-order valence-corrected chi connectivity index (χ4v) is 2.45. The van der Waals surface area contributed by atoms with Crippen molar-refractivity contribution in [2.45, 2.75) is 57.2 Å². The molecule has 0 saturated heterocycles. The molecule has 2 rings (SSSR count). The van der Waals surface area contributed by atoms with Gasteiger partial charge in [-0.15, -0.1) is 0 Å². The summed E-state index contributed by atoms with van der Waals surface area (Å²) in [5.41, 5.74) is -0.455. The highest BCUT2D eigenvalue weighted by Gasteiger charge is 2.39. The zero-order valence-electron chi connectivity index (χ0n) is 13.1.